The molecule has 1 aliphatic rings. The molecule has 2 aromatic rings. The molecule has 1 saturated heterocycles. The molecule has 0 unspecified atom stereocenters. The highest BCUT2D eigenvalue weighted by molar-refractivity contribution is 7.91. The second kappa shape index (κ2) is 14.2. The van der Waals surface area contributed by atoms with Crippen molar-refractivity contribution in [2.45, 2.75) is 70.7 Å². The van der Waals surface area contributed by atoms with Crippen LogP contribution in [0, 0.1) is 5.41 Å². The average molecular weight is 688 g/mol. The summed E-state index contributed by atoms with van der Waals surface area (Å²) in [5.74, 6) is 2.95. The van der Waals surface area contributed by atoms with E-state index in [4.69, 9.17) is 17.5 Å². The number of carbonyl (C=O) groups excluding carboxylic acids is 2. The van der Waals surface area contributed by atoms with Gasteiger partial charge in [-0.1, -0.05) is 31.5 Å². The van der Waals surface area contributed by atoms with Gasteiger partial charge in [-0.2, -0.15) is 32.9 Å². The van der Waals surface area contributed by atoms with Crippen molar-refractivity contribution in [3.05, 3.63) is 34.5 Å². The van der Waals surface area contributed by atoms with E-state index >= 15 is 0 Å². The number of aromatic nitrogens is 2. The van der Waals surface area contributed by atoms with Crippen molar-refractivity contribution in [1.29, 1.82) is 0 Å². The molecule has 0 spiro atoms. The van der Waals surface area contributed by atoms with Gasteiger partial charge in [0.2, 0.25) is 0 Å². The number of sulfone groups is 1. The third kappa shape index (κ3) is 8.83. The first-order valence-electron chi connectivity index (χ1n) is 13.8. The van der Waals surface area contributed by atoms with Crippen LogP contribution in [0.1, 0.15) is 49.7 Å². The van der Waals surface area contributed by atoms with Gasteiger partial charge >= 0.3 is 18.8 Å². The number of halogens is 6. The average Bonchev–Trinajstić information content (AvgIpc) is 3.26. The van der Waals surface area contributed by atoms with Crippen LogP contribution in [0.15, 0.2) is 18.2 Å². The summed E-state index contributed by atoms with van der Waals surface area (Å²) in [6.45, 7) is 0.0915. The van der Waals surface area contributed by atoms with Crippen LogP contribution in [0.4, 0.5) is 22.0 Å². The molecule has 2 heterocycles. The van der Waals surface area contributed by atoms with E-state index in [0.29, 0.717) is 6.42 Å². The Morgan fingerprint density at radius 1 is 1.22 bits per heavy atom. The van der Waals surface area contributed by atoms with Gasteiger partial charge in [-0.25, -0.2) is 13.2 Å². The molecular formula is C27H35ClF5N5O6S. The number of likely N-dealkylation sites (tertiary alicyclic amines) is 1. The first-order valence-corrected chi connectivity index (χ1v) is 16.1. The molecule has 0 saturated carbocycles. The number of carbonyl (C=O) groups is 2. The fraction of sp³-hybridized carbons (Fsp3) is 0.593. The Hall–Kier alpha value is -3.02. The van der Waals surface area contributed by atoms with E-state index in [1.807, 2.05) is 0 Å². The number of amides is 1. The summed E-state index contributed by atoms with van der Waals surface area (Å²) < 4.78 is 97.4. The van der Waals surface area contributed by atoms with Crippen LogP contribution in [0.2, 0.25) is 5.02 Å². The van der Waals surface area contributed by atoms with Crippen molar-refractivity contribution in [3.63, 3.8) is 0 Å². The van der Waals surface area contributed by atoms with Crippen LogP contribution < -0.4 is 16.0 Å². The Kier molecular flexibility index (Phi) is 11.5. The number of alkyl halides is 5. The monoisotopic (exact) mass is 687 g/mol. The molecule has 11 nitrogen and oxygen atoms in total. The van der Waals surface area contributed by atoms with Crippen LogP contribution in [-0.2, 0) is 32.4 Å². The Bertz CT molecular complexity index is 1500. The van der Waals surface area contributed by atoms with Crippen LogP contribution in [-0.4, -0.2) is 84.9 Å². The third-order valence-electron chi connectivity index (χ3n) is 7.68. The van der Waals surface area contributed by atoms with Crippen LogP contribution in [0.25, 0.3) is 11.3 Å². The van der Waals surface area contributed by atoms with E-state index in [9.17, 15) is 40.0 Å². The van der Waals surface area contributed by atoms with Gasteiger partial charge in [-0.3, -0.25) is 14.4 Å². The molecule has 1 aromatic carbocycles. The Morgan fingerprint density at radius 3 is 2.44 bits per heavy atom. The van der Waals surface area contributed by atoms with Crippen molar-refractivity contribution in [1.82, 2.24) is 20.0 Å². The number of nitrogens with zero attached hydrogens (tertiary/aromatic N) is 3. The number of hydrogen-bond donors (Lipinski definition) is 2. The largest absolute Gasteiger partial charge is 0.434 e. The number of piperidine rings is 1. The van der Waals surface area contributed by atoms with E-state index in [2.05, 4.69) is 20.0 Å². The standard InChI is InChI=1S/C27H35ClF5N5O6S/c1-5-38-23(18-9-6-15(10-19(18)43-25(29)30)11-26(2,3)27(31,32)33)21(28)22(36-38)24(40)35-12-16-7-8-17(45(4,41)42)13-37(16)14-20(39)44-34/h6,9-10,16-17,25H,5,7-8,11-14,34H2,1-4H3,(H,35,40)/t16-,17+/m1/s1. The number of ether oxygens (including phenoxy) is 1. The Balaban J connectivity index is 1.90. The molecule has 1 aromatic heterocycles. The molecule has 1 amide bonds. The molecule has 252 valence electrons. The topological polar surface area (TPSA) is 146 Å². The van der Waals surface area contributed by atoms with E-state index in [-0.39, 0.29) is 60.1 Å². The fourth-order valence-corrected chi connectivity index (χ4v) is 6.43. The van der Waals surface area contributed by atoms with Gasteiger partial charge < -0.3 is 14.9 Å². The maximum absolute atomic E-state index is 13.5. The predicted molar refractivity (Wildman–Crippen MR) is 154 cm³/mol. The van der Waals surface area contributed by atoms with Crippen LogP contribution in [0.3, 0.4) is 0 Å². The molecule has 1 fully saturated rings. The van der Waals surface area contributed by atoms with Crippen LogP contribution in [0.5, 0.6) is 5.75 Å². The van der Waals surface area contributed by atoms with Crippen LogP contribution >= 0.6 is 11.6 Å². The van der Waals surface area contributed by atoms with Gasteiger partial charge in [0.05, 0.1) is 27.9 Å². The number of nitrogens with one attached hydrogen (secondary N) is 1. The molecule has 3 N–H and O–H groups in total. The molecule has 0 radical (unpaired) electrons. The number of rotatable bonds is 12. The maximum atomic E-state index is 13.5. The molecule has 18 heteroatoms. The van der Waals surface area contributed by atoms with E-state index in [1.54, 1.807) is 6.92 Å². The van der Waals surface area contributed by atoms with E-state index in [1.165, 1.54) is 21.7 Å². The second-order valence-electron chi connectivity index (χ2n) is 11.4. The molecule has 0 bridgehead atoms. The lowest BCUT2D eigenvalue weighted by Gasteiger charge is -2.38. The summed E-state index contributed by atoms with van der Waals surface area (Å²) in [5.41, 5.74) is -2.33. The summed E-state index contributed by atoms with van der Waals surface area (Å²) in [6, 6.07) is 3.21. The SMILES string of the molecule is CCn1nc(C(=O)NC[C@H]2CC[C@H](S(C)(=O)=O)CN2CC(=O)ON)c(Cl)c1-c1ccc(CC(C)(C)C(F)(F)F)cc1OC(F)F. The van der Waals surface area contributed by atoms with E-state index in [0.717, 1.165) is 26.2 Å². The number of aryl methyl sites for hydroxylation is 1. The van der Waals surface area contributed by atoms with Crippen molar-refractivity contribution < 1.29 is 49.5 Å². The molecular weight excluding hydrogens is 653 g/mol. The lowest BCUT2D eigenvalue weighted by molar-refractivity contribution is -0.211. The van der Waals surface area contributed by atoms with Gasteiger partial charge in [-0.05, 0) is 43.9 Å². The lowest BCUT2D eigenvalue weighted by atomic mass is 9.84. The minimum Gasteiger partial charge on any atom is -0.434 e. The molecule has 45 heavy (non-hydrogen) atoms. The zero-order valence-corrected chi connectivity index (χ0v) is 26.5. The van der Waals surface area contributed by atoms with Gasteiger partial charge in [-0.15, -0.1) is 0 Å². The summed E-state index contributed by atoms with van der Waals surface area (Å²) in [5, 5.41) is 5.94. The first kappa shape index (κ1) is 36.4. The number of hydrogen-bond acceptors (Lipinski definition) is 9. The molecule has 0 aliphatic carbocycles. The zero-order chi connectivity index (χ0) is 33.9. The minimum atomic E-state index is -4.56. The minimum absolute atomic E-state index is 0.00684. The Labute approximate surface area is 262 Å². The smallest absolute Gasteiger partial charge is 0.394 e. The summed E-state index contributed by atoms with van der Waals surface area (Å²) in [7, 11) is -3.42. The summed E-state index contributed by atoms with van der Waals surface area (Å²) in [4.78, 5) is 30.9. The number of benzene rings is 1. The maximum Gasteiger partial charge on any atom is 0.394 e. The van der Waals surface area contributed by atoms with Crippen molar-refractivity contribution in [3.8, 4) is 17.0 Å². The summed E-state index contributed by atoms with van der Waals surface area (Å²) in [6.07, 6.45) is -3.38. The van der Waals surface area contributed by atoms with Gasteiger partial charge in [0.1, 0.15) is 5.75 Å². The third-order valence-corrected chi connectivity index (χ3v) is 9.64. The molecule has 3 rings (SSSR count). The summed E-state index contributed by atoms with van der Waals surface area (Å²) >= 11 is 6.57. The van der Waals surface area contributed by atoms with Crippen molar-refractivity contribution >= 4 is 33.3 Å². The normalized spacial score (nSPS) is 18.2. The highest BCUT2D eigenvalue weighted by atomic mass is 35.5. The van der Waals surface area contributed by atoms with Crippen molar-refractivity contribution in [2.75, 3.05) is 25.9 Å². The second-order valence-corrected chi connectivity index (χ2v) is 14.1. The highest BCUT2D eigenvalue weighted by Gasteiger charge is 2.47. The van der Waals surface area contributed by atoms with Crippen molar-refractivity contribution in [2.24, 2.45) is 11.3 Å². The van der Waals surface area contributed by atoms with E-state index < -0.39 is 63.4 Å². The fourth-order valence-electron chi connectivity index (χ4n) is 5.08. The Morgan fingerprint density at radius 2 is 1.89 bits per heavy atom. The van der Waals surface area contributed by atoms with Gasteiger partial charge in [0, 0.05) is 37.5 Å². The predicted octanol–water partition coefficient (Wildman–Crippen LogP) is 3.98. The lowest BCUT2D eigenvalue weighted by Crippen LogP contribution is -2.53. The molecule has 1 aliphatic heterocycles. The molecule has 2 atom stereocenters. The quantitative estimate of drug-likeness (QED) is 0.250. The number of nitrogens with two attached hydrogens (primary N) is 1. The van der Waals surface area contributed by atoms with Gasteiger partial charge in [0.25, 0.3) is 5.91 Å². The zero-order valence-electron chi connectivity index (χ0n) is 25.0. The first-order chi connectivity index (χ1) is 20.8. The van der Waals surface area contributed by atoms with Gasteiger partial charge in [0.15, 0.2) is 15.5 Å². The highest BCUT2D eigenvalue weighted by Crippen LogP contribution is 2.43.